The van der Waals surface area contributed by atoms with Gasteiger partial charge < -0.3 is 15.8 Å². The van der Waals surface area contributed by atoms with Crippen molar-refractivity contribution in [1.29, 1.82) is 0 Å². The van der Waals surface area contributed by atoms with Crippen LogP contribution in [0.4, 0.5) is 11.5 Å². The molecule has 1 aromatic rings. The van der Waals surface area contributed by atoms with Crippen molar-refractivity contribution < 1.29 is 4.74 Å². The second-order valence-corrected chi connectivity index (χ2v) is 3.02. The minimum Gasteiger partial charge on any atom is -0.489 e. The Labute approximate surface area is 78.1 Å². The second-order valence-electron chi connectivity index (χ2n) is 3.02. The van der Waals surface area contributed by atoms with Crippen molar-refractivity contribution in [3.05, 3.63) is 12.3 Å². The molecule has 0 fully saturated rings. The number of ether oxygens (including phenoxy) is 1. The van der Waals surface area contributed by atoms with Gasteiger partial charge in [0.15, 0.2) is 0 Å². The molecule has 0 saturated carbocycles. The van der Waals surface area contributed by atoms with Gasteiger partial charge in [-0.05, 0) is 13.8 Å². The molecule has 0 saturated heterocycles. The standard InChI is InChI=1S/C9H15N3O/c1-6(2)13-8-4-9(10)12-5-7(8)11-3/h4-6,11H,1-3H3,(H2,10,12). The monoisotopic (exact) mass is 181 g/mol. The fourth-order valence-electron chi connectivity index (χ4n) is 0.991. The van der Waals surface area contributed by atoms with E-state index in [2.05, 4.69) is 10.3 Å². The Hall–Kier alpha value is -1.45. The zero-order chi connectivity index (χ0) is 9.84. The zero-order valence-electron chi connectivity index (χ0n) is 8.16. The maximum absolute atomic E-state index is 5.54. The van der Waals surface area contributed by atoms with Gasteiger partial charge in [-0.25, -0.2) is 4.98 Å². The molecule has 0 aromatic carbocycles. The SMILES string of the molecule is CNc1cnc(N)cc1OC(C)C. The smallest absolute Gasteiger partial charge is 0.148 e. The summed E-state index contributed by atoms with van der Waals surface area (Å²) in [6.45, 7) is 3.94. The van der Waals surface area contributed by atoms with E-state index in [0.717, 1.165) is 11.4 Å². The van der Waals surface area contributed by atoms with Gasteiger partial charge in [-0.15, -0.1) is 0 Å². The number of anilines is 2. The van der Waals surface area contributed by atoms with Crippen molar-refractivity contribution in [2.24, 2.45) is 0 Å². The molecule has 4 heteroatoms. The fourth-order valence-corrected chi connectivity index (χ4v) is 0.991. The maximum Gasteiger partial charge on any atom is 0.148 e. The lowest BCUT2D eigenvalue weighted by Gasteiger charge is -2.13. The summed E-state index contributed by atoms with van der Waals surface area (Å²) < 4.78 is 5.53. The van der Waals surface area contributed by atoms with Gasteiger partial charge in [0.05, 0.1) is 18.0 Å². The van der Waals surface area contributed by atoms with Gasteiger partial charge in [0.25, 0.3) is 0 Å². The minimum absolute atomic E-state index is 0.133. The Kier molecular flexibility index (Phi) is 2.95. The number of aromatic nitrogens is 1. The van der Waals surface area contributed by atoms with Crippen LogP contribution >= 0.6 is 0 Å². The molecule has 1 rings (SSSR count). The summed E-state index contributed by atoms with van der Waals surface area (Å²) in [6.07, 6.45) is 1.79. The molecule has 0 radical (unpaired) electrons. The number of pyridine rings is 1. The van der Waals surface area contributed by atoms with Gasteiger partial charge in [0.2, 0.25) is 0 Å². The van der Waals surface area contributed by atoms with Crippen LogP contribution in [0.2, 0.25) is 0 Å². The molecule has 1 heterocycles. The first-order valence-corrected chi connectivity index (χ1v) is 4.23. The highest BCUT2D eigenvalue weighted by Crippen LogP contribution is 2.25. The summed E-state index contributed by atoms with van der Waals surface area (Å²) in [5.41, 5.74) is 6.39. The fraction of sp³-hybridized carbons (Fsp3) is 0.444. The number of rotatable bonds is 3. The van der Waals surface area contributed by atoms with Crippen LogP contribution < -0.4 is 15.8 Å². The number of nitrogens with one attached hydrogen (secondary N) is 1. The summed E-state index contributed by atoms with van der Waals surface area (Å²) in [6, 6.07) is 1.71. The van der Waals surface area contributed by atoms with Crippen LogP contribution in [0.5, 0.6) is 5.75 Å². The van der Waals surface area contributed by atoms with Crippen molar-refractivity contribution >= 4 is 11.5 Å². The molecule has 13 heavy (non-hydrogen) atoms. The maximum atomic E-state index is 5.54. The predicted molar refractivity (Wildman–Crippen MR) is 54.0 cm³/mol. The third-order valence-electron chi connectivity index (χ3n) is 1.52. The van der Waals surface area contributed by atoms with E-state index in [1.165, 1.54) is 0 Å². The van der Waals surface area contributed by atoms with E-state index in [9.17, 15) is 0 Å². The van der Waals surface area contributed by atoms with Gasteiger partial charge in [-0.1, -0.05) is 0 Å². The third kappa shape index (κ3) is 2.50. The van der Waals surface area contributed by atoms with Gasteiger partial charge >= 0.3 is 0 Å². The molecule has 0 aliphatic rings. The van der Waals surface area contributed by atoms with E-state index in [1.807, 2.05) is 20.9 Å². The molecular formula is C9H15N3O. The molecule has 0 aliphatic carbocycles. The highest BCUT2D eigenvalue weighted by atomic mass is 16.5. The Morgan fingerprint density at radius 3 is 2.77 bits per heavy atom. The summed E-state index contributed by atoms with van der Waals surface area (Å²) in [5.74, 6) is 1.21. The summed E-state index contributed by atoms with van der Waals surface area (Å²) in [7, 11) is 1.82. The molecule has 0 amide bonds. The molecule has 4 nitrogen and oxygen atoms in total. The number of hydrogen-bond acceptors (Lipinski definition) is 4. The van der Waals surface area contributed by atoms with E-state index in [0.29, 0.717) is 5.82 Å². The van der Waals surface area contributed by atoms with E-state index in [4.69, 9.17) is 10.5 Å². The lowest BCUT2D eigenvalue weighted by Crippen LogP contribution is -2.08. The van der Waals surface area contributed by atoms with E-state index >= 15 is 0 Å². The summed E-state index contributed by atoms with van der Waals surface area (Å²) >= 11 is 0. The predicted octanol–water partition coefficient (Wildman–Crippen LogP) is 1.49. The van der Waals surface area contributed by atoms with Crippen LogP contribution in [-0.2, 0) is 0 Å². The first kappa shape index (κ1) is 9.64. The van der Waals surface area contributed by atoms with Gasteiger partial charge in [0.1, 0.15) is 11.6 Å². The van der Waals surface area contributed by atoms with Crippen LogP contribution in [0, 0.1) is 0 Å². The molecule has 0 bridgehead atoms. The van der Waals surface area contributed by atoms with Crippen molar-refractivity contribution in [3.8, 4) is 5.75 Å². The Morgan fingerprint density at radius 1 is 1.54 bits per heavy atom. The van der Waals surface area contributed by atoms with Crippen molar-refractivity contribution in [3.63, 3.8) is 0 Å². The largest absolute Gasteiger partial charge is 0.489 e. The number of nitrogen functional groups attached to an aromatic ring is 1. The average molecular weight is 181 g/mol. The van der Waals surface area contributed by atoms with E-state index in [-0.39, 0.29) is 6.10 Å². The third-order valence-corrected chi connectivity index (χ3v) is 1.52. The topological polar surface area (TPSA) is 60.2 Å². The molecule has 1 aromatic heterocycles. The van der Waals surface area contributed by atoms with Crippen LogP contribution in [0.1, 0.15) is 13.8 Å². The lowest BCUT2D eigenvalue weighted by atomic mass is 10.3. The Balaban J connectivity index is 2.94. The first-order chi connectivity index (χ1) is 6.13. The minimum atomic E-state index is 0.133. The molecule has 0 spiro atoms. The van der Waals surface area contributed by atoms with Crippen molar-refractivity contribution in [1.82, 2.24) is 4.98 Å². The van der Waals surface area contributed by atoms with Crippen LogP contribution in [0.3, 0.4) is 0 Å². The number of hydrogen-bond donors (Lipinski definition) is 2. The van der Waals surface area contributed by atoms with Crippen molar-refractivity contribution in [2.45, 2.75) is 20.0 Å². The molecule has 72 valence electrons. The van der Waals surface area contributed by atoms with Gasteiger partial charge in [-0.2, -0.15) is 0 Å². The van der Waals surface area contributed by atoms with E-state index < -0.39 is 0 Å². The molecule has 0 aliphatic heterocycles. The lowest BCUT2D eigenvalue weighted by molar-refractivity contribution is 0.243. The highest BCUT2D eigenvalue weighted by Gasteiger charge is 2.05. The number of nitrogens with two attached hydrogens (primary N) is 1. The molecule has 0 unspecified atom stereocenters. The Morgan fingerprint density at radius 2 is 2.23 bits per heavy atom. The van der Waals surface area contributed by atoms with Gasteiger partial charge in [-0.3, -0.25) is 0 Å². The molecule has 0 atom stereocenters. The second kappa shape index (κ2) is 3.98. The van der Waals surface area contributed by atoms with Crippen molar-refractivity contribution in [2.75, 3.05) is 18.1 Å². The van der Waals surface area contributed by atoms with Crippen LogP contribution in [0.25, 0.3) is 0 Å². The molecule has 3 N–H and O–H groups in total. The van der Waals surface area contributed by atoms with Crippen LogP contribution in [-0.4, -0.2) is 18.1 Å². The zero-order valence-corrected chi connectivity index (χ0v) is 8.16. The summed E-state index contributed by atoms with van der Waals surface area (Å²) in [5, 5.41) is 2.99. The first-order valence-electron chi connectivity index (χ1n) is 4.23. The Bertz CT molecular complexity index is 286. The molecular weight excluding hydrogens is 166 g/mol. The van der Waals surface area contributed by atoms with Crippen LogP contribution in [0.15, 0.2) is 12.3 Å². The highest BCUT2D eigenvalue weighted by molar-refractivity contribution is 5.58. The van der Waals surface area contributed by atoms with E-state index in [1.54, 1.807) is 12.3 Å². The average Bonchev–Trinajstić information content (AvgIpc) is 2.03. The quantitative estimate of drug-likeness (QED) is 0.741. The van der Waals surface area contributed by atoms with Gasteiger partial charge in [0, 0.05) is 13.1 Å². The summed E-state index contributed by atoms with van der Waals surface area (Å²) in [4.78, 5) is 3.95. The normalized spacial score (nSPS) is 10.2. The number of nitrogens with zero attached hydrogens (tertiary/aromatic N) is 1.